The molecule has 5 heteroatoms. The summed E-state index contributed by atoms with van der Waals surface area (Å²) in [7, 11) is 0. The lowest BCUT2D eigenvalue weighted by Crippen LogP contribution is -2.29. The van der Waals surface area contributed by atoms with Crippen molar-refractivity contribution in [3.8, 4) is 17.0 Å². The third kappa shape index (κ3) is 2.34. The lowest BCUT2D eigenvalue weighted by molar-refractivity contribution is 0.301. The Hall–Kier alpha value is -2.14. The molecule has 0 bridgehead atoms. The maximum absolute atomic E-state index is 5.75. The summed E-state index contributed by atoms with van der Waals surface area (Å²) in [5.41, 5.74) is 3.14. The van der Waals surface area contributed by atoms with Gasteiger partial charge in [0.2, 0.25) is 5.95 Å². The molecule has 0 radical (unpaired) electrons. The molecule has 108 valence electrons. The number of benzene rings is 1. The van der Waals surface area contributed by atoms with E-state index in [0.29, 0.717) is 6.61 Å². The Morgan fingerprint density at radius 3 is 3.10 bits per heavy atom. The highest BCUT2D eigenvalue weighted by Crippen LogP contribution is 2.36. The van der Waals surface area contributed by atoms with Gasteiger partial charge in [0.1, 0.15) is 12.4 Å². The number of nitrogens with zero attached hydrogens (tertiary/aromatic N) is 3. The summed E-state index contributed by atoms with van der Waals surface area (Å²) >= 11 is 0. The summed E-state index contributed by atoms with van der Waals surface area (Å²) in [5, 5.41) is 3.41. The molecule has 1 saturated heterocycles. The summed E-state index contributed by atoms with van der Waals surface area (Å²) in [6.07, 6.45) is 3.03. The predicted molar refractivity (Wildman–Crippen MR) is 81.5 cm³/mol. The molecule has 0 aliphatic carbocycles. The van der Waals surface area contributed by atoms with E-state index in [4.69, 9.17) is 9.72 Å². The van der Waals surface area contributed by atoms with E-state index in [0.717, 1.165) is 61.1 Å². The van der Waals surface area contributed by atoms with E-state index in [1.807, 2.05) is 24.4 Å². The van der Waals surface area contributed by atoms with Crippen LogP contribution in [0.3, 0.4) is 0 Å². The molecule has 3 heterocycles. The Kier molecular flexibility index (Phi) is 3.20. The molecule has 2 aliphatic heterocycles. The summed E-state index contributed by atoms with van der Waals surface area (Å²) in [4.78, 5) is 11.6. The molecule has 1 fully saturated rings. The van der Waals surface area contributed by atoms with Gasteiger partial charge in [-0.15, -0.1) is 0 Å². The standard InChI is InChI=1S/C16H18N4O/c1-2-5-14-13(4-1)15-12(11-21-14)10-18-16(19-15)20-8-3-6-17-7-9-20/h1-2,4-5,10,17H,3,6-9,11H2. The fraction of sp³-hybridized carbons (Fsp3) is 0.375. The second-order valence-electron chi connectivity index (χ2n) is 5.42. The first-order valence-corrected chi connectivity index (χ1v) is 7.45. The van der Waals surface area contributed by atoms with Crippen LogP contribution < -0.4 is 15.0 Å². The van der Waals surface area contributed by atoms with Crippen LogP contribution in [0.4, 0.5) is 5.95 Å². The summed E-state index contributed by atoms with van der Waals surface area (Å²) in [5.74, 6) is 1.74. The third-order valence-electron chi connectivity index (χ3n) is 4.00. The number of fused-ring (bicyclic) bond motifs is 3. The lowest BCUT2D eigenvalue weighted by Gasteiger charge is -2.24. The topological polar surface area (TPSA) is 50.3 Å². The average molecular weight is 282 g/mol. The first-order valence-electron chi connectivity index (χ1n) is 7.45. The van der Waals surface area contributed by atoms with Crippen LogP contribution >= 0.6 is 0 Å². The largest absolute Gasteiger partial charge is 0.488 e. The normalized spacial score (nSPS) is 17.4. The van der Waals surface area contributed by atoms with Crippen LogP contribution in [0.15, 0.2) is 30.5 Å². The van der Waals surface area contributed by atoms with Crippen molar-refractivity contribution in [2.45, 2.75) is 13.0 Å². The van der Waals surface area contributed by atoms with Gasteiger partial charge in [-0.05, 0) is 25.1 Å². The molecule has 0 unspecified atom stereocenters. The molecular weight excluding hydrogens is 264 g/mol. The number of nitrogens with one attached hydrogen (secondary N) is 1. The third-order valence-corrected chi connectivity index (χ3v) is 4.00. The van der Waals surface area contributed by atoms with Gasteiger partial charge < -0.3 is 15.0 Å². The molecule has 21 heavy (non-hydrogen) atoms. The molecule has 0 atom stereocenters. The molecule has 0 spiro atoms. The molecular formula is C16H18N4O. The van der Waals surface area contributed by atoms with Crippen molar-refractivity contribution in [3.05, 3.63) is 36.0 Å². The van der Waals surface area contributed by atoms with Crippen LogP contribution in [-0.4, -0.2) is 36.1 Å². The van der Waals surface area contributed by atoms with Gasteiger partial charge in [0, 0.05) is 37.0 Å². The molecule has 2 aromatic rings. The molecule has 1 aromatic carbocycles. The molecule has 5 nitrogen and oxygen atoms in total. The Morgan fingerprint density at radius 2 is 2.10 bits per heavy atom. The highest BCUT2D eigenvalue weighted by molar-refractivity contribution is 5.72. The van der Waals surface area contributed by atoms with Crippen molar-refractivity contribution >= 4 is 5.95 Å². The molecule has 4 rings (SSSR count). The Bertz CT molecular complexity index is 650. The lowest BCUT2D eigenvalue weighted by atomic mass is 10.0. The van der Waals surface area contributed by atoms with Gasteiger partial charge in [-0.3, -0.25) is 0 Å². The zero-order valence-corrected chi connectivity index (χ0v) is 11.9. The minimum absolute atomic E-state index is 0.550. The monoisotopic (exact) mass is 282 g/mol. The van der Waals surface area contributed by atoms with E-state index < -0.39 is 0 Å². The van der Waals surface area contributed by atoms with E-state index >= 15 is 0 Å². The van der Waals surface area contributed by atoms with Crippen LogP contribution in [0, 0.1) is 0 Å². The Balaban J connectivity index is 1.73. The number of hydrogen-bond acceptors (Lipinski definition) is 5. The number of anilines is 1. The maximum atomic E-state index is 5.75. The van der Waals surface area contributed by atoms with Gasteiger partial charge in [0.05, 0.1) is 5.69 Å². The predicted octanol–water partition coefficient (Wildman–Crippen LogP) is 1.84. The minimum atomic E-state index is 0.550. The Labute approximate surface area is 124 Å². The van der Waals surface area contributed by atoms with Gasteiger partial charge in [-0.1, -0.05) is 12.1 Å². The smallest absolute Gasteiger partial charge is 0.225 e. The maximum Gasteiger partial charge on any atom is 0.225 e. The van der Waals surface area contributed by atoms with Crippen LogP contribution in [-0.2, 0) is 6.61 Å². The fourth-order valence-corrected chi connectivity index (χ4v) is 2.88. The highest BCUT2D eigenvalue weighted by atomic mass is 16.5. The average Bonchev–Trinajstić information content (AvgIpc) is 2.83. The van der Waals surface area contributed by atoms with Crippen LogP contribution in [0.2, 0.25) is 0 Å². The zero-order chi connectivity index (χ0) is 14.1. The second-order valence-corrected chi connectivity index (χ2v) is 5.42. The van der Waals surface area contributed by atoms with Gasteiger partial charge in [0.25, 0.3) is 0 Å². The summed E-state index contributed by atoms with van der Waals surface area (Å²) in [6, 6.07) is 8.07. The van der Waals surface area contributed by atoms with Crippen LogP contribution in [0.25, 0.3) is 11.3 Å². The quantitative estimate of drug-likeness (QED) is 0.865. The van der Waals surface area contributed by atoms with Gasteiger partial charge in [-0.25, -0.2) is 9.97 Å². The summed E-state index contributed by atoms with van der Waals surface area (Å²) in [6.45, 7) is 4.56. The Morgan fingerprint density at radius 1 is 1.14 bits per heavy atom. The number of hydrogen-bond donors (Lipinski definition) is 1. The van der Waals surface area contributed by atoms with Crippen molar-refractivity contribution < 1.29 is 4.74 Å². The molecule has 0 saturated carbocycles. The van der Waals surface area contributed by atoms with E-state index in [-0.39, 0.29) is 0 Å². The fourth-order valence-electron chi connectivity index (χ4n) is 2.88. The zero-order valence-electron chi connectivity index (χ0n) is 11.9. The minimum Gasteiger partial charge on any atom is -0.488 e. The van der Waals surface area contributed by atoms with Crippen molar-refractivity contribution in [1.29, 1.82) is 0 Å². The van der Waals surface area contributed by atoms with Crippen LogP contribution in [0.5, 0.6) is 5.75 Å². The molecule has 1 N–H and O–H groups in total. The first kappa shape index (κ1) is 12.6. The van der Waals surface area contributed by atoms with E-state index in [2.05, 4.69) is 21.3 Å². The highest BCUT2D eigenvalue weighted by Gasteiger charge is 2.21. The SMILES string of the molecule is c1ccc2c(c1)OCc1cnc(N3CCCNCC3)nc1-2. The second kappa shape index (κ2) is 5.33. The van der Waals surface area contributed by atoms with E-state index in [1.165, 1.54) is 0 Å². The van der Waals surface area contributed by atoms with Gasteiger partial charge in [0.15, 0.2) is 0 Å². The van der Waals surface area contributed by atoms with E-state index in [1.54, 1.807) is 0 Å². The molecule has 1 aromatic heterocycles. The van der Waals surface area contributed by atoms with Crippen molar-refractivity contribution in [1.82, 2.24) is 15.3 Å². The van der Waals surface area contributed by atoms with Crippen molar-refractivity contribution in [2.24, 2.45) is 0 Å². The van der Waals surface area contributed by atoms with Gasteiger partial charge in [-0.2, -0.15) is 0 Å². The molecule has 0 amide bonds. The number of ether oxygens (including phenoxy) is 1. The molecule has 2 aliphatic rings. The van der Waals surface area contributed by atoms with Gasteiger partial charge >= 0.3 is 0 Å². The van der Waals surface area contributed by atoms with Crippen molar-refractivity contribution in [2.75, 3.05) is 31.1 Å². The van der Waals surface area contributed by atoms with Crippen LogP contribution in [0.1, 0.15) is 12.0 Å². The summed E-state index contributed by atoms with van der Waals surface area (Å²) < 4.78 is 5.75. The number of para-hydroxylation sites is 1. The first-order chi connectivity index (χ1) is 10.4. The number of aromatic nitrogens is 2. The number of rotatable bonds is 1. The van der Waals surface area contributed by atoms with E-state index in [9.17, 15) is 0 Å². The van der Waals surface area contributed by atoms with Crippen molar-refractivity contribution in [3.63, 3.8) is 0 Å².